The van der Waals surface area contributed by atoms with Crippen LogP contribution in [0.2, 0.25) is 0 Å². The largest absolute Gasteiger partial charge is 0.361 e. The molecule has 218 valence electrons. The van der Waals surface area contributed by atoms with E-state index in [0.717, 1.165) is 45.5 Å². The summed E-state index contributed by atoms with van der Waals surface area (Å²) in [7, 11) is 1.48. The van der Waals surface area contributed by atoms with E-state index in [1.807, 2.05) is 83.4 Å². The number of nitrogens with zero attached hydrogens (tertiary/aromatic N) is 7. The smallest absolute Gasteiger partial charge is 0.339 e. The fourth-order valence-electron chi connectivity index (χ4n) is 5.36. The first kappa shape index (κ1) is 28.0. The highest BCUT2D eigenvalue weighted by Gasteiger charge is 2.24. The van der Waals surface area contributed by atoms with E-state index in [1.165, 1.54) is 11.7 Å². The van der Waals surface area contributed by atoms with E-state index in [2.05, 4.69) is 27.5 Å². The number of unbranched alkanes of at least 4 members (excludes halogenated alkanes) is 1. The van der Waals surface area contributed by atoms with Crippen LogP contribution in [0.25, 0.3) is 39.4 Å². The van der Waals surface area contributed by atoms with E-state index >= 15 is 0 Å². The Morgan fingerprint density at radius 1 is 0.930 bits per heavy atom. The number of aromatic nitrogens is 8. The second-order valence-electron chi connectivity index (χ2n) is 10.3. The Bertz CT molecular complexity index is 1970. The summed E-state index contributed by atoms with van der Waals surface area (Å²) in [6, 6.07) is 25.4. The third-order valence-corrected chi connectivity index (χ3v) is 7.65. The van der Waals surface area contributed by atoms with Crippen molar-refractivity contribution in [2.45, 2.75) is 45.9 Å². The van der Waals surface area contributed by atoms with Gasteiger partial charge in [-0.2, -0.15) is 5.21 Å². The number of hydrogen-bond acceptors (Lipinski definition) is 7. The number of fused-ring (bicyclic) bond motifs is 1. The number of ether oxygens (including phenoxy) is 1. The first-order valence-corrected chi connectivity index (χ1v) is 14.3. The molecule has 1 N–H and O–H groups in total. The van der Waals surface area contributed by atoms with E-state index in [1.54, 1.807) is 6.92 Å². The number of aromatic amines is 1. The van der Waals surface area contributed by atoms with Crippen molar-refractivity contribution >= 4 is 11.2 Å². The topological polar surface area (TPSA) is 126 Å². The lowest BCUT2D eigenvalue weighted by Crippen LogP contribution is -2.42. The van der Waals surface area contributed by atoms with Gasteiger partial charge in [-0.05, 0) is 47.4 Å². The van der Waals surface area contributed by atoms with Gasteiger partial charge in [0.2, 0.25) is 5.82 Å². The summed E-state index contributed by atoms with van der Waals surface area (Å²) >= 11 is 0. The van der Waals surface area contributed by atoms with E-state index in [-0.39, 0.29) is 0 Å². The molecule has 3 heterocycles. The molecule has 1 atom stereocenters. The molecule has 0 amide bonds. The van der Waals surface area contributed by atoms with Crippen LogP contribution < -0.4 is 11.2 Å². The third kappa shape index (κ3) is 5.19. The van der Waals surface area contributed by atoms with Crippen LogP contribution in [0.15, 0.2) is 88.5 Å². The van der Waals surface area contributed by atoms with Crippen LogP contribution in [0, 0.1) is 0 Å². The Kier molecular flexibility index (Phi) is 7.80. The summed E-state index contributed by atoms with van der Waals surface area (Å²) in [5.74, 6) is 1.28. The van der Waals surface area contributed by atoms with Crippen molar-refractivity contribution in [2.24, 2.45) is 0 Å². The van der Waals surface area contributed by atoms with Crippen LogP contribution in [-0.4, -0.2) is 46.4 Å². The van der Waals surface area contributed by atoms with E-state index in [0.29, 0.717) is 35.6 Å². The fourth-order valence-corrected chi connectivity index (χ4v) is 5.36. The Balaban J connectivity index is 1.49. The van der Waals surface area contributed by atoms with Gasteiger partial charge >= 0.3 is 5.69 Å². The van der Waals surface area contributed by atoms with Crippen molar-refractivity contribution in [3.8, 4) is 28.2 Å². The van der Waals surface area contributed by atoms with Crippen LogP contribution >= 0.6 is 0 Å². The zero-order valence-corrected chi connectivity index (χ0v) is 24.3. The Morgan fingerprint density at radius 2 is 1.65 bits per heavy atom. The maximum Gasteiger partial charge on any atom is 0.339 e. The number of rotatable bonds is 10. The predicted molar refractivity (Wildman–Crippen MR) is 164 cm³/mol. The first-order chi connectivity index (χ1) is 21.0. The molecule has 0 aliphatic carbocycles. The summed E-state index contributed by atoms with van der Waals surface area (Å²) in [5.41, 5.74) is 4.26. The minimum atomic E-state index is -0.764. The zero-order valence-electron chi connectivity index (χ0n) is 24.3. The van der Waals surface area contributed by atoms with E-state index < -0.39 is 17.5 Å². The summed E-state index contributed by atoms with van der Waals surface area (Å²) in [6.07, 6.45) is 1.77. The molecule has 0 saturated carbocycles. The lowest BCUT2D eigenvalue weighted by molar-refractivity contribution is 0.0536. The average molecular weight is 577 g/mol. The second-order valence-corrected chi connectivity index (χ2v) is 10.3. The number of hydrogen-bond donors (Lipinski definition) is 1. The highest BCUT2D eigenvalue weighted by molar-refractivity contribution is 5.80. The van der Waals surface area contributed by atoms with Gasteiger partial charge in [0.1, 0.15) is 12.1 Å². The van der Waals surface area contributed by atoms with Crippen LogP contribution in [0.3, 0.4) is 0 Å². The van der Waals surface area contributed by atoms with Crippen molar-refractivity contribution in [3.63, 3.8) is 0 Å². The van der Waals surface area contributed by atoms with Crippen molar-refractivity contribution in [1.29, 1.82) is 0 Å². The molecule has 3 aromatic heterocycles. The van der Waals surface area contributed by atoms with Gasteiger partial charge in [-0.15, -0.1) is 10.2 Å². The van der Waals surface area contributed by atoms with Crippen LogP contribution in [0.4, 0.5) is 0 Å². The molecule has 1 unspecified atom stereocenters. The maximum atomic E-state index is 14.0. The summed E-state index contributed by atoms with van der Waals surface area (Å²) in [6.45, 7) is 4.21. The molecular weight excluding hydrogens is 544 g/mol. The molecule has 0 saturated heterocycles. The van der Waals surface area contributed by atoms with Gasteiger partial charge in [0.25, 0.3) is 5.56 Å². The Morgan fingerprint density at radius 3 is 2.33 bits per heavy atom. The lowest BCUT2D eigenvalue weighted by Gasteiger charge is -2.17. The molecule has 0 spiro atoms. The third-order valence-electron chi connectivity index (χ3n) is 7.65. The average Bonchev–Trinajstić information content (AvgIpc) is 3.70. The molecule has 0 bridgehead atoms. The van der Waals surface area contributed by atoms with E-state index in [4.69, 9.17) is 9.72 Å². The molecule has 3 aromatic carbocycles. The quantitative estimate of drug-likeness (QED) is 0.249. The van der Waals surface area contributed by atoms with Gasteiger partial charge in [-0.3, -0.25) is 4.79 Å². The number of benzene rings is 3. The monoisotopic (exact) mass is 576 g/mol. The molecule has 6 rings (SSSR count). The molecular formula is C32H32N8O3. The van der Waals surface area contributed by atoms with Gasteiger partial charge in [0.05, 0.1) is 5.69 Å². The molecule has 11 nitrogen and oxygen atoms in total. The Hall–Kier alpha value is -5.16. The molecule has 11 heteroatoms. The normalized spacial score (nSPS) is 12.2. The molecule has 0 aliphatic heterocycles. The number of H-pyrrole nitrogens is 1. The van der Waals surface area contributed by atoms with Gasteiger partial charge in [0.15, 0.2) is 11.2 Å². The second kappa shape index (κ2) is 12.0. The first-order valence-electron chi connectivity index (χ1n) is 14.3. The highest BCUT2D eigenvalue weighted by Crippen LogP contribution is 2.30. The minimum absolute atomic E-state index is 0.345. The summed E-state index contributed by atoms with van der Waals surface area (Å²) in [4.78, 5) is 32.7. The van der Waals surface area contributed by atoms with Crippen molar-refractivity contribution < 1.29 is 4.74 Å². The molecule has 43 heavy (non-hydrogen) atoms. The summed E-state index contributed by atoms with van der Waals surface area (Å²) in [5, 5.41) is 14.5. The van der Waals surface area contributed by atoms with Gasteiger partial charge in [-0.1, -0.05) is 80.1 Å². The number of tetrazole rings is 1. The molecule has 0 aliphatic rings. The standard InChI is InChI=1S/C32H32N8O3/c1-4-5-15-27-33-30-28(31(41)39(21(2)43-3)32(42)40(30)24-11-7-6-8-12-24)38(27)20-22-16-18-23(19-17-22)25-13-9-10-14-26(25)29-34-36-37-35-29/h6-14,16-19,21H,4-5,15,20H2,1-3H3,(H,34,35,36,37). The Labute approximate surface area is 247 Å². The number of methoxy groups -OCH3 is 1. The highest BCUT2D eigenvalue weighted by atomic mass is 16.5. The minimum Gasteiger partial charge on any atom is -0.361 e. The van der Waals surface area contributed by atoms with Crippen LogP contribution in [0.1, 0.15) is 44.3 Å². The van der Waals surface area contributed by atoms with E-state index in [9.17, 15) is 9.59 Å². The lowest BCUT2D eigenvalue weighted by atomic mass is 9.98. The predicted octanol–water partition coefficient (Wildman–Crippen LogP) is 4.75. The number of aryl methyl sites for hydroxylation is 1. The number of imidazole rings is 1. The molecule has 6 aromatic rings. The molecule has 0 radical (unpaired) electrons. The van der Waals surface area contributed by atoms with Crippen molar-refractivity contribution in [3.05, 3.63) is 111 Å². The zero-order chi connectivity index (χ0) is 29.9. The van der Waals surface area contributed by atoms with Crippen LogP contribution in [0.5, 0.6) is 0 Å². The van der Waals surface area contributed by atoms with Gasteiger partial charge in [-0.25, -0.2) is 18.9 Å². The van der Waals surface area contributed by atoms with Gasteiger partial charge in [0, 0.05) is 25.6 Å². The maximum absolute atomic E-state index is 14.0. The fraction of sp³-hybridized carbons (Fsp3) is 0.250. The van der Waals surface area contributed by atoms with Gasteiger partial charge < -0.3 is 9.30 Å². The SMILES string of the molecule is CCCCc1nc2c(c(=O)n(C(C)OC)c(=O)n2-c2ccccc2)n1Cc1ccc(-c2ccccc2-c2nn[nH]n2)cc1. The van der Waals surface area contributed by atoms with Crippen molar-refractivity contribution in [1.82, 2.24) is 39.3 Å². The number of nitrogens with one attached hydrogen (secondary N) is 1. The number of para-hydroxylation sites is 1. The van der Waals surface area contributed by atoms with Crippen molar-refractivity contribution in [2.75, 3.05) is 7.11 Å². The molecule has 0 fully saturated rings. The summed E-state index contributed by atoms with van der Waals surface area (Å²) < 4.78 is 10.1. The van der Waals surface area contributed by atoms with Crippen LogP contribution in [-0.2, 0) is 17.7 Å².